The second-order valence-corrected chi connectivity index (χ2v) is 4.34. The lowest BCUT2D eigenvalue weighted by Crippen LogP contribution is -2.20. The first-order chi connectivity index (χ1) is 8.56. The molecular formula is C13H21N3O2. The Balaban J connectivity index is 2.65. The van der Waals surface area contributed by atoms with E-state index in [-0.39, 0.29) is 6.61 Å². The molecule has 5 nitrogen and oxygen atoms in total. The zero-order valence-corrected chi connectivity index (χ0v) is 10.7. The Hall–Kier alpha value is -1.75. The molecule has 0 heterocycles. The summed E-state index contributed by atoms with van der Waals surface area (Å²) < 4.78 is 0. The van der Waals surface area contributed by atoms with Gasteiger partial charge in [0.15, 0.2) is 0 Å². The minimum absolute atomic E-state index is 0.234. The number of carbonyl (C=O) groups excluding carboxylic acids is 1. The maximum absolute atomic E-state index is 11.2. The fourth-order valence-corrected chi connectivity index (χ4v) is 1.76. The van der Waals surface area contributed by atoms with Gasteiger partial charge in [0.1, 0.15) is 0 Å². The molecule has 0 saturated carbocycles. The number of nitrogens with zero attached hydrogens (tertiary/aromatic N) is 1. The summed E-state index contributed by atoms with van der Waals surface area (Å²) in [6.07, 6.45) is 2.80. The zero-order valence-electron chi connectivity index (χ0n) is 10.7. The molecule has 0 unspecified atom stereocenters. The van der Waals surface area contributed by atoms with Gasteiger partial charge in [-0.15, -0.1) is 0 Å². The van der Waals surface area contributed by atoms with Gasteiger partial charge in [-0.1, -0.05) is 0 Å². The van der Waals surface area contributed by atoms with Crippen LogP contribution in [0.15, 0.2) is 18.2 Å². The van der Waals surface area contributed by atoms with Crippen molar-refractivity contribution in [3.8, 4) is 0 Å². The Kier molecular flexibility index (Phi) is 5.45. The Morgan fingerprint density at radius 2 is 2.06 bits per heavy atom. The highest BCUT2D eigenvalue weighted by Crippen LogP contribution is 2.20. The van der Waals surface area contributed by atoms with Gasteiger partial charge in [0.05, 0.1) is 5.56 Å². The Labute approximate surface area is 107 Å². The van der Waals surface area contributed by atoms with Crippen LogP contribution in [0.1, 0.15) is 29.6 Å². The third-order valence-corrected chi connectivity index (χ3v) is 2.89. The topological polar surface area (TPSA) is 92.6 Å². The molecule has 0 aromatic heterocycles. The van der Waals surface area contributed by atoms with E-state index in [0.29, 0.717) is 11.3 Å². The van der Waals surface area contributed by atoms with E-state index in [9.17, 15) is 4.79 Å². The van der Waals surface area contributed by atoms with Crippen molar-refractivity contribution >= 4 is 17.3 Å². The van der Waals surface area contributed by atoms with E-state index in [1.165, 1.54) is 0 Å². The standard InChI is InChI=1S/C13H21N3O2/c1-16(7-3-2-4-8-17)10-5-6-12(14)11(9-10)13(15)18/h5-6,9,17H,2-4,7-8,14H2,1H3,(H2,15,18). The number of unbranched alkanes of at least 4 members (excludes halogenated alkanes) is 2. The first kappa shape index (κ1) is 14.3. The molecule has 1 aromatic carbocycles. The summed E-state index contributed by atoms with van der Waals surface area (Å²) >= 11 is 0. The molecule has 0 aliphatic rings. The third kappa shape index (κ3) is 3.92. The van der Waals surface area contributed by atoms with Gasteiger partial charge in [-0.25, -0.2) is 0 Å². The number of aliphatic hydroxyl groups excluding tert-OH is 1. The number of nitrogens with two attached hydrogens (primary N) is 2. The van der Waals surface area contributed by atoms with Crippen molar-refractivity contribution in [1.82, 2.24) is 0 Å². The van der Waals surface area contributed by atoms with Crippen LogP contribution in [0.4, 0.5) is 11.4 Å². The fraction of sp³-hybridized carbons (Fsp3) is 0.462. The van der Waals surface area contributed by atoms with Gasteiger partial charge in [0.25, 0.3) is 5.91 Å². The van der Waals surface area contributed by atoms with Crippen molar-refractivity contribution in [2.24, 2.45) is 5.73 Å². The molecule has 18 heavy (non-hydrogen) atoms. The first-order valence-electron chi connectivity index (χ1n) is 6.07. The highest BCUT2D eigenvalue weighted by molar-refractivity contribution is 5.99. The molecule has 0 atom stereocenters. The molecule has 1 amide bonds. The molecule has 1 aromatic rings. The normalized spacial score (nSPS) is 10.3. The molecule has 0 fully saturated rings. The predicted octanol–water partition coefficient (Wildman–Crippen LogP) is 0.967. The highest BCUT2D eigenvalue weighted by Gasteiger charge is 2.08. The number of nitrogen functional groups attached to an aromatic ring is 1. The van der Waals surface area contributed by atoms with Crippen molar-refractivity contribution in [3.05, 3.63) is 23.8 Å². The summed E-state index contributed by atoms with van der Waals surface area (Å²) in [6, 6.07) is 5.27. The molecule has 0 aliphatic carbocycles. The van der Waals surface area contributed by atoms with E-state index < -0.39 is 5.91 Å². The minimum atomic E-state index is -0.511. The molecule has 1 rings (SSSR count). The van der Waals surface area contributed by atoms with Gasteiger partial charge >= 0.3 is 0 Å². The maximum atomic E-state index is 11.2. The number of aliphatic hydroxyl groups is 1. The average Bonchev–Trinajstić information content (AvgIpc) is 2.34. The van der Waals surface area contributed by atoms with Crippen molar-refractivity contribution in [2.45, 2.75) is 19.3 Å². The van der Waals surface area contributed by atoms with Crippen LogP contribution in [-0.2, 0) is 0 Å². The molecule has 0 radical (unpaired) electrons. The summed E-state index contributed by atoms with van der Waals surface area (Å²) in [5.74, 6) is -0.511. The predicted molar refractivity (Wildman–Crippen MR) is 73.6 cm³/mol. The Morgan fingerprint density at radius 1 is 1.33 bits per heavy atom. The van der Waals surface area contributed by atoms with E-state index >= 15 is 0 Å². The SMILES string of the molecule is CN(CCCCCO)c1ccc(N)c(C(N)=O)c1. The van der Waals surface area contributed by atoms with E-state index in [1.54, 1.807) is 12.1 Å². The van der Waals surface area contributed by atoms with E-state index in [4.69, 9.17) is 16.6 Å². The van der Waals surface area contributed by atoms with E-state index in [1.807, 2.05) is 18.0 Å². The Morgan fingerprint density at radius 3 is 2.67 bits per heavy atom. The molecular weight excluding hydrogens is 230 g/mol. The molecule has 5 heteroatoms. The number of carbonyl (C=O) groups is 1. The number of primary amides is 1. The Bertz CT molecular complexity index is 407. The van der Waals surface area contributed by atoms with Crippen LogP contribution in [-0.4, -0.2) is 31.2 Å². The summed E-state index contributed by atoms with van der Waals surface area (Å²) in [6.45, 7) is 1.10. The van der Waals surface area contributed by atoms with E-state index in [0.717, 1.165) is 31.5 Å². The largest absolute Gasteiger partial charge is 0.398 e. The van der Waals surface area contributed by atoms with Crippen LogP contribution < -0.4 is 16.4 Å². The molecule has 100 valence electrons. The summed E-state index contributed by atoms with van der Waals surface area (Å²) in [5, 5.41) is 8.70. The smallest absolute Gasteiger partial charge is 0.250 e. The molecule has 0 aliphatic heterocycles. The van der Waals surface area contributed by atoms with Crippen molar-refractivity contribution in [1.29, 1.82) is 0 Å². The number of hydrogen-bond donors (Lipinski definition) is 3. The fourth-order valence-electron chi connectivity index (χ4n) is 1.76. The molecule has 0 saturated heterocycles. The molecule has 5 N–H and O–H groups in total. The summed E-state index contributed by atoms with van der Waals surface area (Å²) in [5.41, 5.74) is 12.6. The van der Waals surface area contributed by atoms with Crippen LogP contribution in [0.2, 0.25) is 0 Å². The lowest BCUT2D eigenvalue weighted by atomic mass is 10.1. The third-order valence-electron chi connectivity index (χ3n) is 2.89. The number of anilines is 2. The van der Waals surface area contributed by atoms with Crippen LogP contribution in [0, 0.1) is 0 Å². The highest BCUT2D eigenvalue weighted by atomic mass is 16.2. The lowest BCUT2D eigenvalue weighted by molar-refractivity contribution is 0.100. The minimum Gasteiger partial charge on any atom is -0.398 e. The average molecular weight is 251 g/mol. The quantitative estimate of drug-likeness (QED) is 0.497. The second-order valence-electron chi connectivity index (χ2n) is 4.34. The van der Waals surface area contributed by atoms with E-state index in [2.05, 4.69) is 0 Å². The van der Waals surface area contributed by atoms with Crippen LogP contribution >= 0.6 is 0 Å². The zero-order chi connectivity index (χ0) is 13.5. The van der Waals surface area contributed by atoms with Gasteiger partial charge in [0.2, 0.25) is 0 Å². The van der Waals surface area contributed by atoms with Gasteiger partial charge in [-0.05, 0) is 37.5 Å². The van der Waals surface area contributed by atoms with Crippen LogP contribution in [0.3, 0.4) is 0 Å². The number of benzene rings is 1. The first-order valence-corrected chi connectivity index (χ1v) is 6.07. The molecule has 0 bridgehead atoms. The summed E-state index contributed by atoms with van der Waals surface area (Å²) in [4.78, 5) is 13.2. The molecule has 0 spiro atoms. The monoisotopic (exact) mass is 251 g/mol. The van der Waals surface area contributed by atoms with Crippen molar-refractivity contribution in [3.63, 3.8) is 0 Å². The summed E-state index contributed by atoms with van der Waals surface area (Å²) in [7, 11) is 1.95. The lowest BCUT2D eigenvalue weighted by Gasteiger charge is -2.20. The van der Waals surface area contributed by atoms with Gasteiger partial charge < -0.3 is 21.5 Å². The van der Waals surface area contributed by atoms with Crippen LogP contribution in [0.25, 0.3) is 0 Å². The van der Waals surface area contributed by atoms with Gasteiger partial charge in [-0.3, -0.25) is 4.79 Å². The van der Waals surface area contributed by atoms with Crippen LogP contribution in [0.5, 0.6) is 0 Å². The number of rotatable bonds is 7. The maximum Gasteiger partial charge on any atom is 0.250 e. The number of hydrogen-bond acceptors (Lipinski definition) is 4. The van der Waals surface area contributed by atoms with Crippen molar-refractivity contribution in [2.75, 3.05) is 30.8 Å². The van der Waals surface area contributed by atoms with Gasteiger partial charge in [-0.2, -0.15) is 0 Å². The second kappa shape index (κ2) is 6.86. The van der Waals surface area contributed by atoms with Crippen molar-refractivity contribution < 1.29 is 9.90 Å². The van der Waals surface area contributed by atoms with Gasteiger partial charge in [0, 0.05) is 31.6 Å². The number of amides is 1.